The van der Waals surface area contributed by atoms with E-state index < -0.39 is 6.10 Å². The van der Waals surface area contributed by atoms with Gasteiger partial charge in [-0.05, 0) is 109 Å². The summed E-state index contributed by atoms with van der Waals surface area (Å²) in [4.78, 5) is 38.0. The first kappa shape index (κ1) is 61.1. The van der Waals surface area contributed by atoms with E-state index in [1.807, 2.05) is 0 Å². The van der Waals surface area contributed by atoms with E-state index in [1.54, 1.807) is 0 Å². The van der Waals surface area contributed by atoms with E-state index in [0.29, 0.717) is 19.3 Å². The lowest BCUT2D eigenvalue weighted by molar-refractivity contribution is -0.167. The Morgan fingerprint density at radius 2 is 0.615 bits per heavy atom. The van der Waals surface area contributed by atoms with Gasteiger partial charge in [0.15, 0.2) is 6.10 Å². The first-order valence-corrected chi connectivity index (χ1v) is 26.4. The fourth-order valence-corrected chi connectivity index (χ4v) is 6.82. The van der Waals surface area contributed by atoms with Crippen LogP contribution in [0.1, 0.15) is 226 Å². The fraction of sp³-hybridized carbons (Fsp3) is 0.644. The fourth-order valence-electron chi connectivity index (χ4n) is 6.82. The minimum Gasteiger partial charge on any atom is -0.462 e. The molecule has 0 heterocycles. The van der Waals surface area contributed by atoms with Gasteiger partial charge in [0.25, 0.3) is 0 Å². The maximum Gasteiger partial charge on any atom is 0.306 e. The van der Waals surface area contributed by atoms with E-state index in [2.05, 4.69) is 130 Å². The molecule has 0 amide bonds. The molecule has 0 radical (unpaired) electrons. The second-order valence-corrected chi connectivity index (χ2v) is 17.0. The van der Waals surface area contributed by atoms with Crippen LogP contribution in [-0.2, 0) is 28.6 Å². The lowest BCUT2D eigenvalue weighted by Crippen LogP contribution is -2.30. The SMILES string of the molecule is CC/C=C\C/C=C\C/C=C\C/C=C\C/C=C\CCCC(=O)OC(COC(=O)CCCCCCC/C=C\CCCC)COC(=O)CCCCCCCCCCC/C=C\C/C=C\C/C=C\CC. The molecule has 0 spiro atoms. The highest BCUT2D eigenvalue weighted by Gasteiger charge is 2.19. The number of allylic oxidation sites excluding steroid dienone is 18. The average Bonchev–Trinajstić information content (AvgIpc) is 3.30. The van der Waals surface area contributed by atoms with Crippen molar-refractivity contribution < 1.29 is 28.6 Å². The van der Waals surface area contributed by atoms with Gasteiger partial charge in [-0.25, -0.2) is 0 Å². The van der Waals surface area contributed by atoms with Crippen molar-refractivity contribution in [3.8, 4) is 0 Å². The third-order valence-electron chi connectivity index (χ3n) is 10.7. The van der Waals surface area contributed by atoms with Gasteiger partial charge in [-0.2, -0.15) is 0 Å². The van der Waals surface area contributed by atoms with E-state index in [0.717, 1.165) is 109 Å². The Bertz CT molecular complexity index is 1360. The second kappa shape index (κ2) is 52.7. The van der Waals surface area contributed by atoms with Gasteiger partial charge in [0.05, 0.1) is 0 Å². The average molecular weight is 901 g/mol. The molecule has 1 atom stereocenters. The van der Waals surface area contributed by atoms with Crippen molar-refractivity contribution in [2.45, 2.75) is 232 Å². The molecule has 6 nitrogen and oxygen atoms in total. The molecule has 0 aliphatic rings. The molecule has 368 valence electrons. The summed E-state index contributed by atoms with van der Waals surface area (Å²) in [6.07, 6.45) is 70.8. The summed E-state index contributed by atoms with van der Waals surface area (Å²) in [6, 6.07) is 0. The molecule has 65 heavy (non-hydrogen) atoms. The van der Waals surface area contributed by atoms with Gasteiger partial charge >= 0.3 is 17.9 Å². The van der Waals surface area contributed by atoms with Crippen molar-refractivity contribution in [2.75, 3.05) is 13.2 Å². The topological polar surface area (TPSA) is 78.9 Å². The number of ether oxygens (including phenoxy) is 3. The van der Waals surface area contributed by atoms with Crippen LogP contribution in [0.4, 0.5) is 0 Å². The van der Waals surface area contributed by atoms with Gasteiger partial charge in [0, 0.05) is 19.3 Å². The predicted octanol–water partition coefficient (Wildman–Crippen LogP) is 17.5. The Hall–Kier alpha value is -3.93. The highest BCUT2D eigenvalue weighted by molar-refractivity contribution is 5.71. The number of hydrogen-bond acceptors (Lipinski definition) is 6. The van der Waals surface area contributed by atoms with Gasteiger partial charge in [-0.1, -0.05) is 207 Å². The van der Waals surface area contributed by atoms with Crippen molar-refractivity contribution in [3.63, 3.8) is 0 Å². The van der Waals surface area contributed by atoms with E-state index in [-0.39, 0.29) is 37.5 Å². The summed E-state index contributed by atoms with van der Waals surface area (Å²) < 4.78 is 16.7. The molecule has 0 fully saturated rings. The summed E-state index contributed by atoms with van der Waals surface area (Å²) in [5.74, 6) is -0.986. The molecule has 0 aromatic carbocycles. The quantitative estimate of drug-likeness (QED) is 0.0262. The summed E-state index contributed by atoms with van der Waals surface area (Å²) in [7, 11) is 0. The molecule has 1 unspecified atom stereocenters. The minimum atomic E-state index is -0.814. The highest BCUT2D eigenvalue weighted by atomic mass is 16.6. The lowest BCUT2D eigenvalue weighted by atomic mass is 10.1. The zero-order valence-corrected chi connectivity index (χ0v) is 42.0. The molecule has 6 heteroatoms. The van der Waals surface area contributed by atoms with Crippen LogP contribution in [0.3, 0.4) is 0 Å². The van der Waals surface area contributed by atoms with Crippen LogP contribution < -0.4 is 0 Å². The van der Waals surface area contributed by atoms with Crippen LogP contribution in [0.5, 0.6) is 0 Å². The van der Waals surface area contributed by atoms with Gasteiger partial charge < -0.3 is 14.2 Å². The van der Waals surface area contributed by atoms with Crippen molar-refractivity contribution in [3.05, 3.63) is 109 Å². The molecule has 0 aliphatic carbocycles. The normalized spacial score (nSPS) is 13.0. The molecule has 0 bridgehead atoms. The molecule has 0 aromatic heterocycles. The van der Waals surface area contributed by atoms with Crippen molar-refractivity contribution in [1.82, 2.24) is 0 Å². The number of esters is 3. The summed E-state index contributed by atoms with van der Waals surface area (Å²) >= 11 is 0. The maximum atomic E-state index is 12.8. The monoisotopic (exact) mass is 901 g/mol. The van der Waals surface area contributed by atoms with Crippen LogP contribution >= 0.6 is 0 Å². The van der Waals surface area contributed by atoms with Crippen LogP contribution in [0, 0.1) is 0 Å². The first-order valence-electron chi connectivity index (χ1n) is 26.4. The van der Waals surface area contributed by atoms with E-state index >= 15 is 0 Å². The first-order chi connectivity index (χ1) is 32.0. The summed E-state index contributed by atoms with van der Waals surface area (Å²) in [5.41, 5.74) is 0. The minimum absolute atomic E-state index is 0.108. The van der Waals surface area contributed by atoms with Gasteiger partial charge in [0.1, 0.15) is 13.2 Å². The number of unbranched alkanes of at least 4 members (excludes halogenated alkanes) is 17. The third-order valence-corrected chi connectivity index (χ3v) is 10.7. The predicted molar refractivity (Wildman–Crippen MR) is 279 cm³/mol. The summed E-state index contributed by atoms with van der Waals surface area (Å²) in [6.45, 7) is 6.31. The third kappa shape index (κ3) is 50.9. The Morgan fingerprint density at radius 1 is 0.323 bits per heavy atom. The Labute approximate surface area is 400 Å². The van der Waals surface area contributed by atoms with E-state index in [1.165, 1.54) is 70.6 Å². The molecule has 0 N–H and O–H groups in total. The number of hydrogen-bond donors (Lipinski definition) is 0. The molecule has 0 aliphatic heterocycles. The maximum absolute atomic E-state index is 12.8. The number of rotatable bonds is 46. The highest BCUT2D eigenvalue weighted by Crippen LogP contribution is 2.14. The second-order valence-electron chi connectivity index (χ2n) is 17.0. The van der Waals surface area contributed by atoms with Crippen molar-refractivity contribution >= 4 is 17.9 Å². The zero-order chi connectivity index (χ0) is 47.2. The van der Waals surface area contributed by atoms with Crippen molar-refractivity contribution in [2.24, 2.45) is 0 Å². The van der Waals surface area contributed by atoms with Crippen LogP contribution in [0.15, 0.2) is 109 Å². The molecular weight excluding hydrogens is 805 g/mol. The summed E-state index contributed by atoms with van der Waals surface area (Å²) in [5, 5.41) is 0. The lowest BCUT2D eigenvalue weighted by Gasteiger charge is -2.18. The van der Waals surface area contributed by atoms with E-state index in [9.17, 15) is 14.4 Å². The largest absolute Gasteiger partial charge is 0.462 e. The van der Waals surface area contributed by atoms with Crippen LogP contribution in [0.25, 0.3) is 0 Å². The Morgan fingerprint density at radius 3 is 1.00 bits per heavy atom. The van der Waals surface area contributed by atoms with Crippen molar-refractivity contribution in [1.29, 1.82) is 0 Å². The Kier molecular flexibility index (Phi) is 49.5. The number of carbonyl (C=O) groups is 3. The van der Waals surface area contributed by atoms with Gasteiger partial charge in [-0.3, -0.25) is 14.4 Å². The van der Waals surface area contributed by atoms with E-state index in [4.69, 9.17) is 14.2 Å². The van der Waals surface area contributed by atoms with Crippen LogP contribution in [-0.4, -0.2) is 37.2 Å². The number of carbonyl (C=O) groups excluding carboxylic acids is 3. The molecule has 0 aromatic rings. The van der Waals surface area contributed by atoms with Gasteiger partial charge in [-0.15, -0.1) is 0 Å². The molecular formula is C59H96O6. The zero-order valence-electron chi connectivity index (χ0n) is 42.0. The Balaban J connectivity index is 4.46. The van der Waals surface area contributed by atoms with Crippen LogP contribution in [0.2, 0.25) is 0 Å². The smallest absolute Gasteiger partial charge is 0.306 e. The van der Waals surface area contributed by atoms with Gasteiger partial charge in [0.2, 0.25) is 0 Å². The molecule has 0 rings (SSSR count). The molecule has 0 saturated carbocycles. The molecule has 0 saturated heterocycles. The standard InChI is InChI=1S/C59H96O6/c1-4-7-10-13-16-19-22-24-26-28-29-31-32-34-37-40-43-46-49-52-58(61)64-55-56(54-63-57(60)51-48-45-42-39-36-21-18-15-12-9-6-3)65-59(62)53-50-47-44-41-38-35-33-30-27-25-23-20-17-14-11-8-5-2/h7-8,10-11,15-20,24-27,33,35,41,44,56H,4-6,9,12-14,21-23,28-32,34,36-40,42-43,45-55H2,1-3H3/b10-7-,11-8-,18-15-,19-16-,20-17-,26-24-,27-25-,35-33-,44-41-.